The number of aryl methyl sites for hydroxylation is 1. The maximum absolute atomic E-state index is 12.3. The summed E-state index contributed by atoms with van der Waals surface area (Å²) in [5.74, 6) is 1.47. The molecule has 2 rings (SSSR count). The van der Waals surface area contributed by atoms with E-state index < -0.39 is 0 Å². The largest absolute Gasteiger partial charge is 0.497 e. The maximum atomic E-state index is 12.3. The first-order valence-electron chi connectivity index (χ1n) is 7.60. The van der Waals surface area contributed by atoms with Crippen LogP contribution in [0.4, 0.5) is 0 Å². The van der Waals surface area contributed by atoms with Crippen LogP contribution in [0.3, 0.4) is 0 Å². The summed E-state index contributed by atoms with van der Waals surface area (Å²) < 4.78 is 10.5. The smallest absolute Gasteiger partial charge is 0.223 e. The highest BCUT2D eigenvalue weighted by Gasteiger charge is 2.25. The molecule has 1 aromatic rings. The number of carbonyl (C=O) groups is 1. The molecule has 0 bridgehead atoms. The Hall–Kier alpha value is -1.55. The molecule has 0 spiro atoms. The van der Waals surface area contributed by atoms with Crippen molar-refractivity contribution < 1.29 is 14.3 Å². The number of ether oxygens (including phenoxy) is 2. The van der Waals surface area contributed by atoms with Gasteiger partial charge in [0, 0.05) is 25.7 Å². The Balaban J connectivity index is 1.88. The monoisotopic (exact) mass is 291 g/mol. The molecule has 1 fully saturated rings. The molecule has 1 aliphatic heterocycles. The fourth-order valence-corrected chi connectivity index (χ4v) is 2.77. The number of carbonyl (C=O) groups excluding carboxylic acids is 1. The quantitative estimate of drug-likeness (QED) is 0.907. The average Bonchev–Trinajstić information content (AvgIpc) is 2.53. The van der Waals surface area contributed by atoms with Gasteiger partial charge in [-0.05, 0) is 48.9 Å². The van der Waals surface area contributed by atoms with Crippen LogP contribution >= 0.6 is 0 Å². The predicted octanol–water partition coefficient (Wildman–Crippen LogP) is 2.68. The highest BCUT2D eigenvalue weighted by molar-refractivity contribution is 5.78. The zero-order valence-electron chi connectivity index (χ0n) is 13.1. The predicted molar refractivity (Wildman–Crippen MR) is 82.3 cm³/mol. The fourth-order valence-electron chi connectivity index (χ4n) is 2.77. The Bertz CT molecular complexity index is 481. The highest BCUT2D eigenvalue weighted by Crippen LogP contribution is 2.24. The lowest BCUT2D eigenvalue weighted by atomic mass is 9.87. The molecule has 116 valence electrons. The standard InChI is InChI=1S/C17H25NO3/c1-12-10-16(20-3)5-4-15(12)11-18-17(19)13(2)14-6-8-21-9-7-14/h4-5,10,13-14H,6-9,11H2,1-3H3,(H,18,19)/t13-/m1/s1. The van der Waals surface area contributed by atoms with E-state index >= 15 is 0 Å². The summed E-state index contributed by atoms with van der Waals surface area (Å²) in [6.45, 7) is 6.18. The van der Waals surface area contributed by atoms with E-state index in [9.17, 15) is 4.79 Å². The summed E-state index contributed by atoms with van der Waals surface area (Å²) in [6.07, 6.45) is 1.96. The van der Waals surface area contributed by atoms with Crippen LogP contribution in [0.2, 0.25) is 0 Å². The molecule has 21 heavy (non-hydrogen) atoms. The molecule has 4 nitrogen and oxygen atoms in total. The molecule has 1 heterocycles. The molecule has 0 aliphatic carbocycles. The van der Waals surface area contributed by atoms with Crippen LogP contribution in [0.1, 0.15) is 30.9 Å². The number of amides is 1. The van der Waals surface area contributed by atoms with Crippen molar-refractivity contribution in [1.29, 1.82) is 0 Å². The van der Waals surface area contributed by atoms with E-state index in [1.54, 1.807) is 7.11 Å². The second kappa shape index (κ2) is 7.46. The molecule has 1 saturated heterocycles. The number of nitrogens with one attached hydrogen (secondary N) is 1. The number of benzene rings is 1. The number of methoxy groups -OCH3 is 1. The van der Waals surface area contributed by atoms with Crippen molar-refractivity contribution in [2.24, 2.45) is 11.8 Å². The van der Waals surface area contributed by atoms with Gasteiger partial charge in [0.05, 0.1) is 7.11 Å². The van der Waals surface area contributed by atoms with Gasteiger partial charge in [0.25, 0.3) is 0 Å². The number of hydrogen-bond acceptors (Lipinski definition) is 3. The van der Waals surface area contributed by atoms with Gasteiger partial charge in [-0.2, -0.15) is 0 Å². The maximum Gasteiger partial charge on any atom is 0.223 e. The SMILES string of the molecule is COc1ccc(CNC(=O)[C@H](C)C2CCOCC2)c(C)c1. The van der Waals surface area contributed by atoms with Gasteiger partial charge in [0.15, 0.2) is 0 Å². The van der Waals surface area contributed by atoms with Gasteiger partial charge in [-0.25, -0.2) is 0 Å². The second-order valence-corrected chi connectivity index (χ2v) is 5.75. The van der Waals surface area contributed by atoms with E-state index in [1.807, 2.05) is 32.0 Å². The third-order valence-corrected chi connectivity index (χ3v) is 4.39. The van der Waals surface area contributed by atoms with E-state index in [4.69, 9.17) is 9.47 Å². The Morgan fingerprint density at radius 3 is 2.76 bits per heavy atom. The van der Waals surface area contributed by atoms with Crippen molar-refractivity contribution in [3.63, 3.8) is 0 Å². The van der Waals surface area contributed by atoms with Gasteiger partial charge in [0.2, 0.25) is 5.91 Å². The molecule has 0 aromatic heterocycles. The summed E-state index contributed by atoms with van der Waals surface area (Å²) in [5, 5.41) is 3.05. The Kier molecular flexibility index (Phi) is 5.62. The lowest BCUT2D eigenvalue weighted by Gasteiger charge is -2.27. The summed E-state index contributed by atoms with van der Waals surface area (Å²) in [4.78, 5) is 12.3. The van der Waals surface area contributed by atoms with Crippen molar-refractivity contribution in [1.82, 2.24) is 5.32 Å². The summed E-state index contributed by atoms with van der Waals surface area (Å²) in [6, 6.07) is 5.92. The van der Waals surface area contributed by atoms with E-state index in [0.717, 1.165) is 42.9 Å². The van der Waals surface area contributed by atoms with E-state index in [0.29, 0.717) is 12.5 Å². The van der Waals surface area contributed by atoms with Gasteiger partial charge < -0.3 is 14.8 Å². The van der Waals surface area contributed by atoms with Crippen LogP contribution < -0.4 is 10.1 Å². The molecule has 1 amide bonds. The van der Waals surface area contributed by atoms with Crippen molar-refractivity contribution in [3.05, 3.63) is 29.3 Å². The van der Waals surface area contributed by atoms with Gasteiger partial charge >= 0.3 is 0 Å². The fraction of sp³-hybridized carbons (Fsp3) is 0.588. The highest BCUT2D eigenvalue weighted by atomic mass is 16.5. The van der Waals surface area contributed by atoms with Gasteiger partial charge in [-0.3, -0.25) is 4.79 Å². The Morgan fingerprint density at radius 1 is 1.43 bits per heavy atom. The van der Waals surface area contributed by atoms with Gasteiger partial charge in [-0.1, -0.05) is 13.0 Å². The minimum absolute atomic E-state index is 0.0486. The van der Waals surface area contributed by atoms with Crippen LogP contribution in [0.15, 0.2) is 18.2 Å². The average molecular weight is 291 g/mol. The summed E-state index contributed by atoms with van der Waals surface area (Å²) in [5.41, 5.74) is 2.26. The zero-order chi connectivity index (χ0) is 15.2. The van der Waals surface area contributed by atoms with Crippen molar-refractivity contribution in [3.8, 4) is 5.75 Å². The van der Waals surface area contributed by atoms with Crippen LogP contribution in [0.25, 0.3) is 0 Å². The third kappa shape index (κ3) is 4.21. The summed E-state index contributed by atoms with van der Waals surface area (Å²) >= 11 is 0. The molecular formula is C17H25NO3. The minimum atomic E-state index is 0.0486. The lowest BCUT2D eigenvalue weighted by molar-refractivity contribution is -0.127. The van der Waals surface area contributed by atoms with E-state index in [1.165, 1.54) is 0 Å². The summed E-state index contributed by atoms with van der Waals surface area (Å²) in [7, 11) is 1.66. The van der Waals surface area contributed by atoms with Crippen LogP contribution in [0, 0.1) is 18.8 Å². The molecule has 0 radical (unpaired) electrons. The molecule has 1 atom stereocenters. The third-order valence-electron chi connectivity index (χ3n) is 4.39. The second-order valence-electron chi connectivity index (χ2n) is 5.75. The topological polar surface area (TPSA) is 47.6 Å². The normalized spacial score (nSPS) is 17.3. The molecule has 1 aliphatic rings. The van der Waals surface area contributed by atoms with Gasteiger partial charge in [0.1, 0.15) is 5.75 Å². The van der Waals surface area contributed by atoms with Crippen molar-refractivity contribution >= 4 is 5.91 Å². The van der Waals surface area contributed by atoms with E-state index in [-0.39, 0.29) is 11.8 Å². The first-order chi connectivity index (χ1) is 10.1. The molecular weight excluding hydrogens is 266 g/mol. The number of hydrogen-bond donors (Lipinski definition) is 1. The van der Waals surface area contributed by atoms with Crippen LogP contribution in [0.5, 0.6) is 5.75 Å². The first-order valence-corrected chi connectivity index (χ1v) is 7.60. The number of rotatable bonds is 5. The lowest BCUT2D eigenvalue weighted by Crippen LogP contribution is -2.35. The molecule has 1 aromatic carbocycles. The van der Waals surface area contributed by atoms with Crippen molar-refractivity contribution in [2.45, 2.75) is 33.2 Å². The van der Waals surface area contributed by atoms with Crippen LogP contribution in [-0.2, 0) is 16.1 Å². The first kappa shape index (κ1) is 15.8. The molecule has 0 unspecified atom stereocenters. The van der Waals surface area contributed by atoms with Gasteiger partial charge in [-0.15, -0.1) is 0 Å². The zero-order valence-corrected chi connectivity index (χ0v) is 13.1. The van der Waals surface area contributed by atoms with Crippen molar-refractivity contribution in [2.75, 3.05) is 20.3 Å². The Morgan fingerprint density at radius 2 is 2.14 bits per heavy atom. The van der Waals surface area contributed by atoms with E-state index in [2.05, 4.69) is 5.32 Å². The molecule has 4 heteroatoms. The molecule has 1 N–H and O–H groups in total. The van der Waals surface area contributed by atoms with Crippen LogP contribution in [-0.4, -0.2) is 26.2 Å². The minimum Gasteiger partial charge on any atom is -0.497 e. The Labute approximate surface area is 126 Å². The molecule has 0 saturated carbocycles.